The van der Waals surface area contributed by atoms with E-state index >= 15 is 0 Å². The largest absolute Gasteiger partial charge is 0.459 e. The molecule has 4 rings (SSSR count). The lowest BCUT2D eigenvalue weighted by Crippen LogP contribution is -2.51. The molecule has 1 unspecified atom stereocenters. The fourth-order valence-corrected chi connectivity index (χ4v) is 7.05. The summed E-state index contributed by atoms with van der Waals surface area (Å²) in [5.41, 5.74) is -4.04. The van der Waals surface area contributed by atoms with Crippen molar-refractivity contribution in [1.29, 1.82) is 5.26 Å². The van der Waals surface area contributed by atoms with Gasteiger partial charge in [-0.05, 0) is 98.0 Å². The van der Waals surface area contributed by atoms with Gasteiger partial charge in [-0.15, -0.1) is 0 Å². The Hall–Kier alpha value is -2.96. The lowest BCUT2D eigenvalue weighted by atomic mass is 9.88. The summed E-state index contributed by atoms with van der Waals surface area (Å²) in [6, 6.07) is 1.96. The molecule has 1 atom stereocenters. The summed E-state index contributed by atoms with van der Waals surface area (Å²) in [6.45, 7) is 8.32. The van der Waals surface area contributed by atoms with E-state index in [1.54, 1.807) is 39.5 Å². The number of hydrogen-bond acceptors (Lipinski definition) is 8. The van der Waals surface area contributed by atoms with Crippen LogP contribution >= 0.6 is 12.2 Å². The number of anilines is 1. The SMILES string of the molecule is CC(C)(C)OC(=O)CN1CCC(CCO[C@H]2CC[C@H](N3C(=S)N(c4cnc(C#N)c(C(F)(F)F)c4)C(=O)C3(C)C)CC2)C(F)(F)C1. The summed E-state index contributed by atoms with van der Waals surface area (Å²) in [4.78, 5) is 33.4. The third-order valence-electron chi connectivity index (χ3n) is 8.70. The third kappa shape index (κ3) is 7.94. The summed E-state index contributed by atoms with van der Waals surface area (Å²) >= 11 is 5.62. The first-order chi connectivity index (χ1) is 21.2. The van der Waals surface area contributed by atoms with Crippen molar-refractivity contribution >= 4 is 34.9 Å². The molecular weight excluding hydrogens is 633 g/mol. The maximum atomic E-state index is 14.9. The van der Waals surface area contributed by atoms with Crippen molar-refractivity contribution in [3.05, 3.63) is 23.5 Å². The molecular formula is C31H40F5N5O4S. The number of nitrogens with zero attached hydrogens (tertiary/aromatic N) is 5. The van der Waals surface area contributed by atoms with Crippen LogP contribution < -0.4 is 4.90 Å². The predicted octanol–water partition coefficient (Wildman–Crippen LogP) is 5.70. The van der Waals surface area contributed by atoms with Crippen LogP contribution in [-0.4, -0.2) is 87.2 Å². The topological polar surface area (TPSA) is 99.0 Å². The molecule has 15 heteroatoms. The smallest absolute Gasteiger partial charge is 0.419 e. The van der Waals surface area contributed by atoms with E-state index in [0.717, 1.165) is 11.1 Å². The van der Waals surface area contributed by atoms with Crippen molar-refractivity contribution in [2.75, 3.05) is 31.1 Å². The van der Waals surface area contributed by atoms with Gasteiger partial charge in [-0.1, -0.05) is 0 Å². The highest BCUT2D eigenvalue weighted by Crippen LogP contribution is 2.41. The molecule has 0 spiro atoms. The Morgan fingerprint density at radius 2 is 1.80 bits per heavy atom. The zero-order chi connectivity index (χ0) is 34.2. The molecule has 1 aromatic rings. The van der Waals surface area contributed by atoms with Gasteiger partial charge in [0.15, 0.2) is 10.8 Å². The fraction of sp³-hybridized carbons (Fsp3) is 0.710. The maximum absolute atomic E-state index is 14.9. The highest BCUT2D eigenvalue weighted by molar-refractivity contribution is 7.80. The van der Waals surface area contributed by atoms with E-state index in [-0.39, 0.29) is 48.9 Å². The fourth-order valence-electron chi connectivity index (χ4n) is 6.48. The van der Waals surface area contributed by atoms with E-state index in [9.17, 15) is 31.5 Å². The van der Waals surface area contributed by atoms with Crippen molar-refractivity contribution in [3.63, 3.8) is 0 Å². The van der Waals surface area contributed by atoms with Gasteiger partial charge >= 0.3 is 12.1 Å². The van der Waals surface area contributed by atoms with Gasteiger partial charge in [0.25, 0.3) is 11.8 Å². The third-order valence-corrected chi connectivity index (χ3v) is 9.08. The molecule has 0 radical (unpaired) electrons. The van der Waals surface area contributed by atoms with Gasteiger partial charge in [0.2, 0.25) is 0 Å². The number of pyridine rings is 1. The van der Waals surface area contributed by atoms with Crippen LogP contribution in [0.4, 0.5) is 27.6 Å². The molecule has 3 aliphatic rings. The molecule has 3 fully saturated rings. The van der Waals surface area contributed by atoms with Crippen LogP contribution in [0.15, 0.2) is 12.3 Å². The Morgan fingerprint density at radius 1 is 1.15 bits per heavy atom. The Balaban J connectivity index is 1.30. The Kier molecular flexibility index (Phi) is 10.4. The first kappa shape index (κ1) is 35.9. The monoisotopic (exact) mass is 673 g/mol. The lowest BCUT2D eigenvalue weighted by Gasteiger charge is -2.41. The number of aromatic nitrogens is 1. The van der Waals surface area contributed by atoms with Crippen LogP contribution in [0.1, 0.15) is 84.4 Å². The minimum atomic E-state index is -4.85. The van der Waals surface area contributed by atoms with E-state index in [4.69, 9.17) is 27.0 Å². The number of nitriles is 1. The second kappa shape index (κ2) is 13.3. The number of rotatable bonds is 8. The standard InChI is InChI=1S/C31H40F5N5O4S/c1-28(2,3)45-25(42)17-39-12-10-19(30(32,33)18-39)11-13-44-22-8-6-20(7-9-22)41-27(46)40(26(43)29(41,4)5)21-14-23(31(34,35)36)24(15-37)38-16-21/h14,16,19-20,22H,6-13,17-18H2,1-5H3/t19?,20-,22-. The summed E-state index contributed by atoms with van der Waals surface area (Å²) in [6.07, 6.45) is -1.22. The second-order valence-corrected chi connectivity index (χ2v) is 14.1. The average molecular weight is 674 g/mol. The van der Waals surface area contributed by atoms with Gasteiger partial charge in [-0.2, -0.15) is 18.4 Å². The van der Waals surface area contributed by atoms with Crippen molar-refractivity contribution in [2.45, 2.75) is 109 Å². The predicted molar refractivity (Wildman–Crippen MR) is 162 cm³/mol. The number of thiocarbonyl (C=S) groups is 1. The Labute approximate surface area is 271 Å². The second-order valence-electron chi connectivity index (χ2n) is 13.7. The molecule has 3 heterocycles. The quantitative estimate of drug-likeness (QED) is 0.196. The molecule has 2 saturated heterocycles. The van der Waals surface area contributed by atoms with E-state index in [1.165, 1.54) is 11.0 Å². The van der Waals surface area contributed by atoms with Crippen molar-refractivity contribution in [2.24, 2.45) is 5.92 Å². The van der Waals surface area contributed by atoms with E-state index in [2.05, 4.69) is 4.98 Å². The van der Waals surface area contributed by atoms with Crippen molar-refractivity contribution in [3.8, 4) is 6.07 Å². The summed E-state index contributed by atoms with van der Waals surface area (Å²) in [7, 11) is 0. The molecule has 1 saturated carbocycles. The zero-order valence-corrected chi connectivity index (χ0v) is 27.4. The summed E-state index contributed by atoms with van der Waals surface area (Å²) in [5, 5.41) is 9.13. The number of carbonyl (C=O) groups is 2. The summed E-state index contributed by atoms with van der Waals surface area (Å²) in [5.74, 6) is -4.87. The van der Waals surface area contributed by atoms with Crippen molar-refractivity contribution < 1.29 is 41.0 Å². The van der Waals surface area contributed by atoms with Crippen LogP contribution in [-0.2, 0) is 25.2 Å². The molecule has 46 heavy (non-hydrogen) atoms. The number of carbonyl (C=O) groups excluding carboxylic acids is 2. The van der Waals surface area contributed by atoms with Crippen LogP contribution in [0.5, 0.6) is 0 Å². The number of esters is 1. The molecule has 254 valence electrons. The molecule has 2 aliphatic heterocycles. The average Bonchev–Trinajstić information content (AvgIpc) is 3.11. The highest BCUT2D eigenvalue weighted by atomic mass is 32.1. The maximum Gasteiger partial charge on any atom is 0.419 e. The van der Waals surface area contributed by atoms with Gasteiger partial charge in [-0.25, -0.2) is 13.8 Å². The Bertz CT molecular complexity index is 1370. The molecule has 9 nitrogen and oxygen atoms in total. The molecule has 1 aliphatic carbocycles. The summed E-state index contributed by atoms with van der Waals surface area (Å²) < 4.78 is 81.9. The van der Waals surface area contributed by atoms with Gasteiger partial charge < -0.3 is 14.4 Å². The number of ether oxygens (including phenoxy) is 2. The normalized spacial score (nSPS) is 25.5. The highest BCUT2D eigenvalue weighted by Gasteiger charge is 2.53. The number of piperidine rings is 1. The number of halogens is 5. The van der Waals surface area contributed by atoms with Gasteiger partial charge in [-0.3, -0.25) is 19.4 Å². The number of amides is 1. The van der Waals surface area contributed by atoms with E-state index in [0.29, 0.717) is 38.3 Å². The zero-order valence-electron chi connectivity index (χ0n) is 26.6. The molecule has 1 aromatic heterocycles. The Morgan fingerprint density at radius 3 is 2.37 bits per heavy atom. The van der Waals surface area contributed by atoms with Crippen LogP contribution in [0.25, 0.3) is 0 Å². The van der Waals surface area contributed by atoms with Crippen LogP contribution in [0.3, 0.4) is 0 Å². The molecule has 1 amide bonds. The number of alkyl halides is 5. The molecule has 0 aromatic carbocycles. The minimum absolute atomic E-state index is 0.0549. The lowest BCUT2D eigenvalue weighted by molar-refractivity contribution is -0.161. The van der Waals surface area contributed by atoms with Gasteiger partial charge in [0.1, 0.15) is 17.2 Å². The molecule has 0 N–H and O–H groups in total. The van der Waals surface area contributed by atoms with Crippen LogP contribution in [0.2, 0.25) is 0 Å². The minimum Gasteiger partial charge on any atom is -0.459 e. The molecule has 0 bridgehead atoms. The first-order valence-electron chi connectivity index (χ1n) is 15.3. The van der Waals surface area contributed by atoms with Crippen LogP contribution in [0, 0.1) is 17.2 Å². The van der Waals surface area contributed by atoms with E-state index in [1.807, 2.05) is 0 Å². The van der Waals surface area contributed by atoms with Gasteiger partial charge in [0, 0.05) is 18.6 Å². The first-order valence-corrected chi connectivity index (χ1v) is 15.7. The van der Waals surface area contributed by atoms with Gasteiger partial charge in [0.05, 0.1) is 36.6 Å². The number of likely N-dealkylation sites (tertiary alicyclic amines) is 1. The van der Waals surface area contributed by atoms with Crippen molar-refractivity contribution in [1.82, 2.24) is 14.8 Å². The van der Waals surface area contributed by atoms with E-state index < -0.39 is 58.8 Å². The number of hydrogen-bond donors (Lipinski definition) is 0.